The molecular weight excluding hydrogens is 450 g/mol. The van der Waals surface area contributed by atoms with Gasteiger partial charge >= 0.3 is 12.0 Å². The van der Waals surface area contributed by atoms with Crippen molar-refractivity contribution in [1.29, 1.82) is 0 Å². The van der Waals surface area contributed by atoms with E-state index in [1.54, 1.807) is 19.1 Å². The third-order valence-electron chi connectivity index (χ3n) is 6.05. The Kier molecular flexibility index (Phi) is 6.76. The zero-order valence-corrected chi connectivity index (χ0v) is 19.7. The van der Waals surface area contributed by atoms with Crippen molar-refractivity contribution in [2.45, 2.75) is 38.8 Å². The van der Waals surface area contributed by atoms with Crippen LogP contribution in [0.2, 0.25) is 0 Å². The maximum Gasteiger partial charge on any atom is 0.325 e. The minimum absolute atomic E-state index is 0.0341. The molecule has 35 heavy (non-hydrogen) atoms. The standard InChI is InChI=1S/C24H27N7O4/c1-4-18(16-8-6-5-7-9-16)28-23(34)31-20(22(33)30(3)24-29-26-13-35-24)17(21(31)32)11-15-10-14(2)27-19(25)12-15/h5-10,12-13,17-18,20H,4,11H2,1-3H3,(H2,25,27)(H,28,34)/t17-,18?,20+/m1/s1. The molecule has 1 unspecified atom stereocenters. The van der Waals surface area contributed by atoms with Crippen LogP contribution in [-0.2, 0) is 16.0 Å². The van der Waals surface area contributed by atoms with Crippen LogP contribution in [0.1, 0.15) is 36.2 Å². The molecule has 1 fully saturated rings. The Balaban J connectivity index is 1.60. The van der Waals surface area contributed by atoms with Crippen molar-refractivity contribution in [2.24, 2.45) is 5.92 Å². The smallest absolute Gasteiger partial charge is 0.325 e. The number of nitrogen functional groups attached to an aromatic ring is 1. The number of amides is 4. The molecule has 1 saturated heterocycles. The van der Waals surface area contributed by atoms with E-state index in [9.17, 15) is 14.4 Å². The first kappa shape index (κ1) is 23.9. The molecule has 0 aliphatic carbocycles. The van der Waals surface area contributed by atoms with Gasteiger partial charge in [0, 0.05) is 12.7 Å². The van der Waals surface area contributed by atoms with Gasteiger partial charge in [-0.1, -0.05) is 42.4 Å². The number of carbonyl (C=O) groups excluding carboxylic acids is 3. The summed E-state index contributed by atoms with van der Waals surface area (Å²) in [4.78, 5) is 46.2. The fourth-order valence-corrected chi connectivity index (χ4v) is 4.33. The molecule has 3 N–H and O–H groups in total. The summed E-state index contributed by atoms with van der Waals surface area (Å²) in [5.41, 5.74) is 8.22. The number of urea groups is 1. The molecule has 11 nitrogen and oxygen atoms in total. The van der Waals surface area contributed by atoms with Crippen LogP contribution in [0.4, 0.5) is 16.6 Å². The van der Waals surface area contributed by atoms with Crippen molar-refractivity contribution in [1.82, 2.24) is 25.4 Å². The Morgan fingerprint density at radius 2 is 2.00 bits per heavy atom. The molecule has 4 amide bonds. The summed E-state index contributed by atoms with van der Waals surface area (Å²) in [6.07, 6.45) is 1.93. The van der Waals surface area contributed by atoms with Crippen LogP contribution in [0, 0.1) is 12.8 Å². The maximum atomic E-state index is 13.4. The highest BCUT2D eigenvalue weighted by Crippen LogP contribution is 2.33. The second kappa shape index (κ2) is 9.92. The van der Waals surface area contributed by atoms with E-state index in [0.29, 0.717) is 17.9 Å². The summed E-state index contributed by atoms with van der Waals surface area (Å²) in [7, 11) is 1.46. The monoisotopic (exact) mass is 477 g/mol. The number of aryl methyl sites for hydroxylation is 1. The Hall–Kier alpha value is -4.28. The summed E-state index contributed by atoms with van der Waals surface area (Å²) in [6.45, 7) is 3.73. The van der Waals surface area contributed by atoms with Crippen LogP contribution < -0.4 is 16.0 Å². The Bertz CT molecular complexity index is 1200. The minimum atomic E-state index is -1.05. The highest BCUT2D eigenvalue weighted by molar-refractivity contribution is 6.12. The molecule has 1 aliphatic heterocycles. The summed E-state index contributed by atoms with van der Waals surface area (Å²) in [5.74, 6) is -1.41. The number of hydrogen-bond acceptors (Lipinski definition) is 8. The Labute approximate surface area is 202 Å². The number of imide groups is 1. The first-order chi connectivity index (χ1) is 16.8. The van der Waals surface area contributed by atoms with Gasteiger partial charge in [0.1, 0.15) is 11.9 Å². The normalized spacial score (nSPS) is 18.0. The summed E-state index contributed by atoms with van der Waals surface area (Å²) >= 11 is 0. The fourth-order valence-electron chi connectivity index (χ4n) is 4.33. The van der Waals surface area contributed by atoms with Gasteiger partial charge < -0.3 is 15.5 Å². The summed E-state index contributed by atoms with van der Waals surface area (Å²) in [6, 6.07) is 10.9. The van der Waals surface area contributed by atoms with E-state index >= 15 is 0 Å². The first-order valence-electron chi connectivity index (χ1n) is 11.3. The molecule has 0 bridgehead atoms. The van der Waals surface area contributed by atoms with E-state index in [1.165, 1.54) is 7.05 Å². The van der Waals surface area contributed by atoms with Crippen LogP contribution in [0.25, 0.3) is 0 Å². The van der Waals surface area contributed by atoms with Gasteiger partial charge in [-0.05, 0) is 43.0 Å². The van der Waals surface area contributed by atoms with E-state index in [4.69, 9.17) is 10.2 Å². The van der Waals surface area contributed by atoms with Crippen LogP contribution in [-0.4, -0.2) is 51.0 Å². The van der Waals surface area contributed by atoms with Gasteiger partial charge in [0.05, 0.1) is 12.0 Å². The zero-order valence-electron chi connectivity index (χ0n) is 19.7. The lowest BCUT2D eigenvalue weighted by Gasteiger charge is -2.45. The molecule has 0 radical (unpaired) electrons. The van der Waals surface area contributed by atoms with Crippen molar-refractivity contribution >= 4 is 29.7 Å². The molecule has 3 aromatic rings. The van der Waals surface area contributed by atoms with Crippen molar-refractivity contribution in [2.75, 3.05) is 17.7 Å². The molecule has 3 atom stereocenters. The van der Waals surface area contributed by atoms with Crippen LogP contribution in [0.5, 0.6) is 0 Å². The summed E-state index contributed by atoms with van der Waals surface area (Å²) in [5, 5.41) is 10.2. The average Bonchev–Trinajstić information content (AvgIpc) is 3.38. The summed E-state index contributed by atoms with van der Waals surface area (Å²) < 4.78 is 5.14. The number of benzene rings is 1. The van der Waals surface area contributed by atoms with Gasteiger partial charge in [-0.3, -0.25) is 19.4 Å². The number of aromatic nitrogens is 3. The second-order valence-electron chi connectivity index (χ2n) is 8.44. The molecular formula is C24H27N7O4. The topological polar surface area (TPSA) is 148 Å². The first-order valence-corrected chi connectivity index (χ1v) is 11.3. The number of nitrogens with zero attached hydrogens (tertiary/aromatic N) is 5. The van der Waals surface area contributed by atoms with Gasteiger partial charge in [-0.25, -0.2) is 9.78 Å². The number of rotatable bonds is 7. The molecule has 2 aromatic heterocycles. The lowest BCUT2D eigenvalue weighted by atomic mass is 9.81. The predicted molar refractivity (Wildman–Crippen MR) is 127 cm³/mol. The van der Waals surface area contributed by atoms with Crippen molar-refractivity contribution in [3.8, 4) is 0 Å². The maximum absolute atomic E-state index is 13.4. The number of anilines is 2. The number of carbonyl (C=O) groups is 3. The number of nitrogens with one attached hydrogen (secondary N) is 1. The highest BCUT2D eigenvalue weighted by atomic mass is 16.4. The molecule has 11 heteroatoms. The van der Waals surface area contributed by atoms with E-state index in [2.05, 4.69) is 20.5 Å². The molecule has 0 spiro atoms. The highest BCUT2D eigenvalue weighted by Gasteiger charge is 2.55. The van der Waals surface area contributed by atoms with Gasteiger partial charge in [0.2, 0.25) is 12.3 Å². The predicted octanol–water partition coefficient (Wildman–Crippen LogP) is 2.25. The van der Waals surface area contributed by atoms with Gasteiger partial charge in [-0.15, -0.1) is 5.10 Å². The molecule has 182 valence electrons. The molecule has 4 rings (SSSR count). The quantitative estimate of drug-likeness (QED) is 0.492. The second-order valence-corrected chi connectivity index (χ2v) is 8.44. The lowest BCUT2D eigenvalue weighted by molar-refractivity contribution is -0.156. The van der Waals surface area contributed by atoms with E-state index in [-0.39, 0.29) is 18.5 Å². The average molecular weight is 478 g/mol. The van der Waals surface area contributed by atoms with Crippen molar-refractivity contribution < 1.29 is 18.8 Å². The molecule has 1 aromatic carbocycles. The Morgan fingerprint density at radius 1 is 1.26 bits per heavy atom. The van der Waals surface area contributed by atoms with Gasteiger partial charge in [0.25, 0.3) is 5.91 Å². The zero-order chi connectivity index (χ0) is 25.1. The third kappa shape index (κ3) is 4.84. The number of pyridine rings is 1. The van der Waals surface area contributed by atoms with Crippen LogP contribution in [0.3, 0.4) is 0 Å². The molecule has 1 aliphatic rings. The van der Waals surface area contributed by atoms with Gasteiger partial charge in [-0.2, -0.15) is 0 Å². The number of nitrogens with two attached hydrogens (primary N) is 1. The van der Waals surface area contributed by atoms with Crippen LogP contribution in [0.15, 0.2) is 53.3 Å². The SMILES string of the molecule is CCC(NC(=O)N1C(=O)[C@H](Cc2cc(C)nc(N)c2)[C@H]1C(=O)N(C)c1nnco1)c1ccccc1. The molecule has 3 heterocycles. The third-order valence-corrected chi connectivity index (χ3v) is 6.05. The van der Waals surface area contributed by atoms with Crippen LogP contribution >= 0.6 is 0 Å². The van der Waals surface area contributed by atoms with E-state index in [0.717, 1.165) is 27.3 Å². The molecule has 0 saturated carbocycles. The van der Waals surface area contributed by atoms with Gasteiger partial charge in [0.15, 0.2) is 0 Å². The lowest BCUT2D eigenvalue weighted by Crippen LogP contribution is -2.70. The van der Waals surface area contributed by atoms with E-state index in [1.807, 2.05) is 37.3 Å². The number of hydrogen-bond donors (Lipinski definition) is 2. The number of likely N-dealkylation sites (N-methyl/N-ethyl adjacent to an activating group) is 1. The largest absolute Gasteiger partial charge is 0.411 e. The van der Waals surface area contributed by atoms with E-state index < -0.39 is 29.8 Å². The van der Waals surface area contributed by atoms with Crippen molar-refractivity contribution in [3.63, 3.8) is 0 Å². The number of likely N-dealkylation sites (tertiary alicyclic amines) is 1. The fraction of sp³-hybridized carbons (Fsp3) is 0.333. The Morgan fingerprint density at radius 3 is 2.63 bits per heavy atom. The minimum Gasteiger partial charge on any atom is -0.411 e. The number of β-lactam (4-membered cyclic amide) rings is 1. The van der Waals surface area contributed by atoms with Crippen molar-refractivity contribution in [3.05, 3.63) is 65.7 Å².